The van der Waals surface area contributed by atoms with Gasteiger partial charge in [-0.1, -0.05) is 26.2 Å². The van der Waals surface area contributed by atoms with Gasteiger partial charge in [-0.05, 0) is 56.8 Å². The summed E-state index contributed by atoms with van der Waals surface area (Å²) in [5.74, 6) is 1.81. The molecule has 20 heavy (non-hydrogen) atoms. The second kappa shape index (κ2) is 7.79. The predicted molar refractivity (Wildman–Crippen MR) is 89.8 cm³/mol. The zero-order chi connectivity index (χ0) is 14.4. The summed E-state index contributed by atoms with van der Waals surface area (Å²) < 4.78 is 0. The van der Waals surface area contributed by atoms with Crippen LogP contribution in [0.4, 0.5) is 0 Å². The molecule has 0 aromatic carbocycles. The molecule has 0 spiro atoms. The average Bonchev–Trinajstić information content (AvgIpc) is 2.89. The third kappa shape index (κ3) is 4.21. The average molecular weight is 314 g/mol. The van der Waals surface area contributed by atoms with Gasteiger partial charge in [0.25, 0.3) is 0 Å². The molecule has 3 heteroatoms. The molecule has 2 rings (SSSR count). The lowest BCUT2D eigenvalue weighted by Crippen LogP contribution is -2.30. The Morgan fingerprint density at radius 3 is 2.70 bits per heavy atom. The molecule has 1 aliphatic rings. The van der Waals surface area contributed by atoms with Gasteiger partial charge in [0.15, 0.2) is 0 Å². The van der Waals surface area contributed by atoms with E-state index in [9.17, 15) is 0 Å². The van der Waals surface area contributed by atoms with Crippen molar-refractivity contribution in [2.45, 2.75) is 71.6 Å². The number of unbranched alkanes of at least 4 members (excludes halogenated alkanes) is 1. The summed E-state index contributed by atoms with van der Waals surface area (Å²) in [5, 5.41) is 0. The molecule has 0 atom stereocenters. The summed E-state index contributed by atoms with van der Waals surface area (Å²) in [6.07, 6.45) is 12.1. The molecule has 1 aromatic rings. The van der Waals surface area contributed by atoms with Crippen LogP contribution in [0.1, 0.15) is 68.9 Å². The van der Waals surface area contributed by atoms with Crippen molar-refractivity contribution in [3.63, 3.8) is 0 Å². The van der Waals surface area contributed by atoms with E-state index >= 15 is 0 Å². The monoisotopic (exact) mass is 313 g/mol. The summed E-state index contributed by atoms with van der Waals surface area (Å²) in [6, 6.07) is 0. The number of aryl methyl sites for hydroxylation is 2. The molecule has 0 bridgehead atoms. The van der Waals surface area contributed by atoms with E-state index in [4.69, 9.17) is 11.6 Å². The fourth-order valence-corrected chi connectivity index (χ4v) is 4.65. The smallest absolute Gasteiger partial charge is 0.0797 e. The minimum absolute atomic E-state index is 0.403. The zero-order valence-corrected chi connectivity index (χ0v) is 14.5. The Morgan fingerprint density at radius 1 is 1.40 bits per heavy atom. The molecule has 0 unspecified atom stereocenters. The molecule has 1 heterocycles. The van der Waals surface area contributed by atoms with Crippen LogP contribution >= 0.6 is 22.9 Å². The molecule has 1 aliphatic carbocycles. The van der Waals surface area contributed by atoms with Crippen molar-refractivity contribution in [3.05, 3.63) is 16.1 Å². The Hall–Kier alpha value is -0.0800. The van der Waals surface area contributed by atoms with E-state index in [2.05, 4.69) is 18.8 Å². The predicted octanol–water partition coefficient (Wildman–Crippen LogP) is 5.99. The largest absolute Gasteiger partial charge is 0.250 e. The van der Waals surface area contributed by atoms with Crippen LogP contribution in [-0.4, -0.2) is 10.9 Å². The molecule has 1 saturated carbocycles. The Labute approximate surface area is 133 Å². The highest BCUT2D eigenvalue weighted by molar-refractivity contribution is 7.09. The van der Waals surface area contributed by atoms with Gasteiger partial charge in [0.1, 0.15) is 0 Å². The number of hydrogen-bond acceptors (Lipinski definition) is 2. The van der Waals surface area contributed by atoms with E-state index in [1.165, 1.54) is 68.4 Å². The highest BCUT2D eigenvalue weighted by atomic mass is 35.5. The molecule has 0 radical (unpaired) electrons. The van der Waals surface area contributed by atoms with Gasteiger partial charge in [-0.15, -0.1) is 22.9 Å². The second-order valence-corrected chi connectivity index (χ2v) is 7.79. The number of aromatic nitrogens is 1. The Morgan fingerprint density at radius 2 is 2.15 bits per heavy atom. The first-order valence-corrected chi connectivity index (χ1v) is 9.55. The number of rotatable bonds is 7. The van der Waals surface area contributed by atoms with Gasteiger partial charge < -0.3 is 0 Å². The normalized spacial score (nSPS) is 26.9. The van der Waals surface area contributed by atoms with Crippen molar-refractivity contribution in [2.75, 3.05) is 5.88 Å². The lowest BCUT2D eigenvalue weighted by atomic mass is 9.68. The summed E-state index contributed by atoms with van der Waals surface area (Å²) in [6.45, 7) is 4.42. The van der Waals surface area contributed by atoms with Crippen molar-refractivity contribution >= 4 is 22.9 Å². The molecule has 114 valence electrons. The van der Waals surface area contributed by atoms with Gasteiger partial charge in [0.05, 0.1) is 11.2 Å². The van der Waals surface area contributed by atoms with Crippen LogP contribution in [0, 0.1) is 18.3 Å². The summed E-state index contributed by atoms with van der Waals surface area (Å²) in [7, 11) is 0. The number of nitrogens with zero attached hydrogens (tertiary/aromatic N) is 1. The van der Waals surface area contributed by atoms with Crippen LogP contribution in [0.2, 0.25) is 0 Å². The lowest BCUT2D eigenvalue weighted by molar-refractivity contribution is 0.155. The van der Waals surface area contributed by atoms with E-state index < -0.39 is 0 Å². The van der Waals surface area contributed by atoms with Gasteiger partial charge in [-0.25, -0.2) is 4.98 Å². The minimum atomic E-state index is 0.403. The van der Waals surface area contributed by atoms with E-state index in [-0.39, 0.29) is 0 Å². The summed E-state index contributed by atoms with van der Waals surface area (Å²) in [5.41, 5.74) is 3.59. The molecular formula is C17H28ClNS. The van der Waals surface area contributed by atoms with Crippen LogP contribution in [0.15, 0.2) is 5.51 Å². The van der Waals surface area contributed by atoms with Crippen LogP contribution < -0.4 is 0 Å². The molecule has 0 amide bonds. The SMILES string of the molecule is CCCCC1CCC(CCl)(CCc2scnc2C)CC1. The van der Waals surface area contributed by atoms with Gasteiger partial charge in [0.2, 0.25) is 0 Å². The third-order valence-electron chi connectivity index (χ3n) is 5.14. The fourth-order valence-electron chi connectivity index (χ4n) is 3.47. The number of thiazole rings is 1. The first-order chi connectivity index (χ1) is 9.69. The van der Waals surface area contributed by atoms with E-state index in [0.717, 1.165) is 11.8 Å². The van der Waals surface area contributed by atoms with Crippen molar-refractivity contribution in [1.82, 2.24) is 4.98 Å². The quantitative estimate of drug-likeness (QED) is 0.563. The minimum Gasteiger partial charge on any atom is -0.250 e. The molecule has 1 aromatic heterocycles. The number of hydrogen-bond donors (Lipinski definition) is 0. The van der Waals surface area contributed by atoms with E-state index in [1.54, 1.807) is 11.3 Å². The standard InChI is InChI=1S/C17H28ClNS/c1-3-4-5-15-6-9-17(12-18,10-7-15)11-8-16-14(2)19-13-20-16/h13,15H,3-12H2,1-2H3. The Balaban J connectivity index is 1.84. The Bertz CT molecular complexity index is 393. The maximum absolute atomic E-state index is 6.36. The van der Waals surface area contributed by atoms with Gasteiger partial charge in [0, 0.05) is 10.8 Å². The molecule has 1 nitrogen and oxygen atoms in total. The topological polar surface area (TPSA) is 12.9 Å². The molecule has 0 aliphatic heterocycles. The number of alkyl halides is 1. The summed E-state index contributed by atoms with van der Waals surface area (Å²) >= 11 is 8.16. The van der Waals surface area contributed by atoms with Crippen LogP contribution in [0.5, 0.6) is 0 Å². The number of halogens is 1. The highest BCUT2D eigenvalue weighted by Crippen LogP contribution is 2.44. The van der Waals surface area contributed by atoms with Crippen molar-refractivity contribution < 1.29 is 0 Å². The first kappa shape index (κ1) is 16.3. The second-order valence-electron chi connectivity index (χ2n) is 6.58. The first-order valence-electron chi connectivity index (χ1n) is 8.14. The van der Waals surface area contributed by atoms with Gasteiger partial charge in [-0.3, -0.25) is 0 Å². The van der Waals surface area contributed by atoms with Crippen LogP contribution in [0.3, 0.4) is 0 Å². The van der Waals surface area contributed by atoms with Crippen molar-refractivity contribution in [2.24, 2.45) is 11.3 Å². The van der Waals surface area contributed by atoms with Crippen molar-refractivity contribution in [1.29, 1.82) is 0 Å². The maximum atomic E-state index is 6.36. The zero-order valence-electron chi connectivity index (χ0n) is 13.0. The van der Waals surface area contributed by atoms with Crippen LogP contribution in [0.25, 0.3) is 0 Å². The third-order valence-corrected chi connectivity index (χ3v) is 6.70. The van der Waals surface area contributed by atoms with Crippen molar-refractivity contribution in [3.8, 4) is 0 Å². The van der Waals surface area contributed by atoms with Gasteiger partial charge >= 0.3 is 0 Å². The van der Waals surface area contributed by atoms with Crippen LogP contribution in [-0.2, 0) is 6.42 Å². The molecular weight excluding hydrogens is 286 g/mol. The molecule has 0 N–H and O–H groups in total. The fraction of sp³-hybridized carbons (Fsp3) is 0.824. The lowest BCUT2D eigenvalue weighted by Gasteiger charge is -2.39. The van der Waals surface area contributed by atoms with Gasteiger partial charge in [-0.2, -0.15) is 0 Å². The maximum Gasteiger partial charge on any atom is 0.0797 e. The molecule has 1 fully saturated rings. The highest BCUT2D eigenvalue weighted by Gasteiger charge is 2.34. The summed E-state index contributed by atoms with van der Waals surface area (Å²) in [4.78, 5) is 5.82. The van der Waals surface area contributed by atoms with E-state index in [1.807, 2.05) is 5.51 Å². The van der Waals surface area contributed by atoms with E-state index in [0.29, 0.717) is 5.41 Å². The Kier molecular flexibility index (Phi) is 6.35. The molecule has 0 saturated heterocycles.